The van der Waals surface area contributed by atoms with Crippen LogP contribution in [0.5, 0.6) is 0 Å². The van der Waals surface area contributed by atoms with Gasteiger partial charge in [-0.05, 0) is 41.5 Å². The SMILES string of the molecule is COC(=O)c1cccc(-c2cccc(-c3nc4ncccc4[nH]3)c2)c1. The Kier molecular flexibility index (Phi) is 3.74. The summed E-state index contributed by atoms with van der Waals surface area (Å²) in [6.07, 6.45) is 1.72. The molecule has 0 unspecified atom stereocenters. The molecule has 0 aliphatic carbocycles. The molecule has 4 rings (SSSR count). The van der Waals surface area contributed by atoms with Crippen molar-refractivity contribution >= 4 is 17.1 Å². The van der Waals surface area contributed by atoms with Crippen LogP contribution >= 0.6 is 0 Å². The number of nitrogens with one attached hydrogen (secondary N) is 1. The molecule has 0 radical (unpaired) electrons. The first kappa shape index (κ1) is 15.1. The third kappa shape index (κ3) is 2.87. The van der Waals surface area contributed by atoms with E-state index in [0.717, 1.165) is 28.0 Å². The highest BCUT2D eigenvalue weighted by atomic mass is 16.5. The summed E-state index contributed by atoms with van der Waals surface area (Å²) in [5, 5.41) is 0. The zero-order valence-corrected chi connectivity index (χ0v) is 13.6. The summed E-state index contributed by atoms with van der Waals surface area (Å²) >= 11 is 0. The average Bonchev–Trinajstić information content (AvgIpc) is 3.12. The van der Waals surface area contributed by atoms with Crippen LogP contribution in [-0.2, 0) is 4.74 Å². The maximum absolute atomic E-state index is 11.7. The van der Waals surface area contributed by atoms with Gasteiger partial charge in [-0.25, -0.2) is 14.8 Å². The van der Waals surface area contributed by atoms with Gasteiger partial charge < -0.3 is 9.72 Å². The van der Waals surface area contributed by atoms with Crippen LogP contribution in [0.4, 0.5) is 0 Å². The first-order valence-corrected chi connectivity index (χ1v) is 7.84. The van der Waals surface area contributed by atoms with Crippen LogP contribution in [0.1, 0.15) is 10.4 Å². The lowest BCUT2D eigenvalue weighted by molar-refractivity contribution is 0.0601. The number of benzene rings is 2. The van der Waals surface area contributed by atoms with Crippen molar-refractivity contribution < 1.29 is 9.53 Å². The molecule has 0 spiro atoms. The zero-order valence-electron chi connectivity index (χ0n) is 13.6. The lowest BCUT2D eigenvalue weighted by Crippen LogP contribution is -2.00. The molecule has 0 aliphatic heterocycles. The van der Waals surface area contributed by atoms with E-state index in [1.54, 1.807) is 12.3 Å². The van der Waals surface area contributed by atoms with Gasteiger partial charge in [0.2, 0.25) is 0 Å². The van der Waals surface area contributed by atoms with Crippen molar-refractivity contribution in [1.29, 1.82) is 0 Å². The van der Waals surface area contributed by atoms with Crippen LogP contribution < -0.4 is 0 Å². The zero-order chi connectivity index (χ0) is 17.2. The molecule has 1 N–H and O–H groups in total. The normalized spacial score (nSPS) is 10.8. The van der Waals surface area contributed by atoms with E-state index in [0.29, 0.717) is 11.2 Å². The van der Waals surface area contributed by atoms with Gasteiger partial charge in [0.1, 0.15) is 5.82 Å². The number of aromatic amines is 1. The van der Waals surface area contributed by atoms with Crippen molar-refractivity contribution in [2.24, 2.45) is 0 Å². The number of aromatic nitrogens is 3. The molecule has 4 aromatic rings. The summed E-state index contributed by atoms with van der Waals surface area (Å²) in [4.78, 5) is 23.8. The molecule has 5 heteroatoms. The van der Waals surface area contributed by atoms with Gasteiger partial charge in [-0.2, -0.15) is 0 Å². The minimum Gasteiger partial charge on any atom is -0.465 e. The van der Waals surface area contributed by atoms with Gasteiger partial charge in [0.05, 0.1) is 18.2 Å². The van der Waals surface area contributed by atoms with Crippen molar-refractivity contribution in [3.63, 3.8) is 0 Å². The highest BCUT2D eigenvalue weighted by molar-refractivity contribution is 5.91. The van der Waals surface area contributed by atoms with Crippen molar-refractivity contribution in [1.82, 2.24) is 15.0 Å². The second kappa shape index (κ2) is 6.20. The molecule has 2 heterocycles. The van der Waals surface area contributed by atoms with Gasteiger partial charge in [-0.1, -0.05) is 30.3 Å². The molecular weight excluding hydrogens is 314 g/mol. The first-order valence-electron chi connectivity index (χ1n) is 7.84. The number of pyridine rings is 1. The number of H-pyrrole nitrogens is 1. The Morgan fingerprint density at radius 1 is 0.960 bits per heavy atom. The molecule has 0 bridgehead atoms. The predicted octanol–water partition coefficient (Wildman–Crippen LogP) is 4.08. The molecule has 2 aromatic heterocycles. The molecule has 0 amide bonds. The third-order valence-corrected chi connectivity index (χ3v) is 4.01. The fraction of sp³-hybridized carbons (Fsp3) is 0.0500. The topological polar surface area (TPSA) is 67.9 Å². The third-order valence-electron chi connectivity index (χ3n) is 4.01. The van der Waals surface area contributed by atoms with E-state index >= 15 is 0 Å². The van der Waals surface area contributed by atoms with E-state index in [1.165, 1.54) is 7.11 Å². The van der Waals surface area contributed by atoms with Crippen molar-refractivity contribution in [3.05, 3.63) is 72.4 Å². The first-order chi connectivity index (χ1) is 12.2. The Balaban J connectivity index is 1.76. The Labute approximate surface area is 144 Å². The number of imidazole rings is 1. The second-order valence-electron chi connectivity index (χ2n) is 5.61. The van der Waals surface area contributed by atoms with E-state index in [4.69, 9.17) is 4.74 Å². The van der Waals surface area contributed by atoms with Crippen molar-refractivity contribution in [2.45, 2.75) is 0 Å². The van der Waals surface area contributed by atoms with Crippen molar-refractivity contribution in [2.75, 3.05) is 7.11 Å². The number of rotatable bonds is 3. The predicted molar refractivity (Wildman–Crippen MR) is 96.1 cm³/mol. The summed E-state index contributed by atoms with van der Waals surface area (Å²) in [5.74, 6) is 0.418. The number of hydrogen-bond acceptors (Lipinski definition) is 4. The van der Waals surface area contributed by atoms with Crippen LogP contribution in [-0.4, -0.2) is 28.0 Å². The standard InChI is InChI=1S/C20H15N3O2/c1-25-20(24)16-8-3-6-14(12-16)13-5-2-7-15(11-13)18-22-17-9-4-10-21-19(17)23-18/h2-12H,1H3,(H,21,22,23). The molecule has 0 fully saturated rings. The number of nitrogens with zero attached hydrogens (tertiary/aromatic N) is 2. The fourth-order valence-electron chi connectivity index (χ4n) is 2.77. The Hall–Kier alpha value is -3.47. The van der Waals surface area contributed by atoms with Gasteiger partial charge in [0.15, 0.2) is 5.65 Å². The van der Waals surface area contributed by atoms with E-state index in [2.05, 4.69) is 15.0 Å². The van der Waals surface area contributed by atoms with Gasteiger partial charge >= 0.3 is 5.97 Å². The molecule has 0 saturated carbocycles. The average molecular weight is 329 g/mol. The van der Waals surface area contributed by atoms with Crippen LogP contribution in [0.25, 0.3) is 33.7 Å². The van der Waals surface area contributed by atoms with E-state index in [1.807, 2.05) is 54.6 Å². The number of esters is 1. The number of methoxy groups -OCH3 is 1. The molecule has 122 valence electrons. The molecule has 0 aliphatic rings. The second-order valence-corrected chi connectivity index (χ2v) is 5.61. The molecule has 2 aromatic carbocycles. The summed E-state index contributed by atoms with van der Waals surface area (Å²) < 4.78 is 4.79. The monoisotopic (exact) mass is 329 g/mol. The summed E-state index contributed by atoms with van der Waals surface area (Å²) in [6.45, 7) is 0. The summed E-state index contributed by atoms with van der Waals surface area (Å²) in [6, 6.07) is 19.2. The van der Waals surface area contributed by atoms with E-state index < -0.39 is 0 Å². The van der Waals surface area contributed by atoms with Gasteiger partial charge in [0.25, 0.3) is 0 Å². The minimum atomic E-state index is -0.346. The van der Waals surface area contributed by atoms with Gasteiger partial charge in [0, 0.05) is 11.8 Å². The van der Waals surface area contributed by atoms with Gasteiger partial charge in [-0.15, -0.1) is 0 Å². The van der Waals surface area contributed by atoms with Gasteiger partial charge in [-0.3, -0.25) is 0 Å². The lowest BCUT2D eigenvalue weighted by atomic mass is 10.0. The van der Waals surface area contributed by atoms with E-state index in [9.17, 15) is 4.79 Å². The number of ether oxygens (including phenoxy) is 1. The molecule has 25 heavy (non-hydrogen) atoms. The van der Waals surface area contributed by atoms with Crippen LogP contribution in [0, 0.1) is 0 Å². The smallest absolute Gasteiger partial charge is 0.337 e. The highest BCUT2D eigenvalue weighted by Gasteiger charge is 2.09. The number of carbonyl (C=O) groups is 1. The maximum Gasteiger partial charge on any atom is 0.337 e. The van der Waals surface area contributed by atoms with Crippen LogP contribution in [0.3, 0.4) is 0 Å². The summed E-state index contributed by atoms with van der Waals surface area (Å²) in [7, 11) is 1.38. The minimum absolute atomic E-state index is 0.346. The quantitative estimate of drug-likeness (QED) is 0.575. The Morgan fingerprint density at radius 3 is 2.52 bits per heavy atom. The molecular formula is C20H15N3O2. The van der Waals surface area contributed by atoms with Crippen molar-refractivity contribution in [3.8, 4) is 22.5 Å². The number of hydrogen-bond donors (Lipinski definition) is 1. The molecule has 0 atom stereocenters. The van der Waals surface area contributed by atoms with Crippen LogP contribution in [0.15, 0.2) is 66.9 Å². The largest absolute Gasteiger partial charge is 0.465 e. The Bertz CT molecular complexity index is 1040. The molecule has 0 saturated heterocycles. The highest BCUT2D eigenvalue weighted by Crippen LogP contribution is 2.26. The fourth-order valence-corrected chi connectivity index (χ4v) is 2.77. The van der Waals surface area contributed by atoms with Crippen LogP contribution in [0.2, 0.25) is 0 Å². The number of fused-ring (bicyclic) bond motifs is 1. The number of carbonyl (C=O) groups excluding carboxylic acids is 1. The lowest BCUT2D eigenvalue weighted by Gasteiger charge is -2.06. The maximum atomic E-state index is 11.7. The van der Waals surface area contributed by atoms with E-state index in [-0.39, 0.29) is 5.97 Å². The summed E-state index contributed by atoms with van der Waals surface area (Å²) in [5.41, 5.74) is 5.01. The molecule has 5 nitrogen and oxygen atoms in total. The Morgan fingerprint density at radius 2 is 1.72 bits per heavy atom.